The number of anilines is 1. The lowest BCUT2D eigenvalue weighted by Gasteiger charge is -2.27. The monoisotopic (exact) mass is 404 g/mol. The molecule has 1 aliphatic rings. The van der Waals surface area contributed by atoms with E-state index in [-0.39, 0.29) is 0 Å². The molecule has 24 heavy (non-hydrogen) atoms. The van der Waals surface area contributed by atoms with Gasteiger partial charge < -0.3 is 11.1 Å². The van der Waals surface area contributed by atoms with Crippen LogP contribution in [0.15, 0.2) is 34.9 Å². The van der Waals surface area contributed by atoms with Gasteiger partial charge in [-0.25, -0.2) is 4.98 Å². The molecular weight excluding hydrogens is 388 g/mol. The van der Waals surface area contributed by atoms with Crippen molar-refractivity contribution < 1.29 is 0 Å². The Morgan fingerprint density at radius 3 is 2.67 bits per heavy atom. The lowest BCUT2D eigenvalue weighted by Crippen LogP contribution is -2.33. The first-order valence-corrected chi connectivity index (χ1v) is 9.11. The molecule has 1 saturated carbocycles. The summed E-state index contributed by atoms with van der Waals surface area (Å²) in [5.41, 5.74) is 8.30. The molecule has 1 heterocycles. The van der Waals surface area contributed by atoms with Gasteiger partial charge in [0.05, 0.1) is 16.7 Å². The average Bonchev–Trinajstić information content (AvgIpc) is 2.58. The van der Waals surface area contributed by atoms with E-state index in [1.54, 1.807) is 12.3 Å². The minimum Gasteiger partial charge on any atom is -0.367 e. The Morgan fingerprint density at radius 2 is 1.96 bits per heavy atom. The van der Waals surface area contributed by atoms with Crippen molar-refractivity contribution in [2.24, 2.45) is 5.73 Å². The van der Waals surface area contributed by atoms with Crippen molar-refractivity contribution in [1.29, 1.82) is 5.26 Å². The molecule has 0 radical (unpaired) electrons. The van der Waals surface area contributed by atoms with Crippen LogP contribution in [0.4, 0.5) is 5.82 Å². The molecule has 0 atom stereocenters. The highest BCUT2D eigenvalue weighted by atomic mass is 79.9. The third-order valence-corrected chi connectivity index (χ3v) is 5.08. The predicted octanol–water partition coefficient (Wildman–Crippen LogP) is 4.72. The molecule has 0 aliphatic heterocycles. The predicted molar refractivity (Wildman–Crippen MR) is 101 cm³/mol. The molecule has 3 rings (SSSR count). The molecule has 4 nitrogen and oxygen atoms in total. The fraction of sp³-hybridized carbons (Fsp3) is 0.333. The van der Waals surface area contributed by atoms with E-state index < -0.39 is 0 Å². The highest BCUT2D eigenvalue weighted by molar-refractivity contribution is 9.10. The molecule has 0 amide bonds. The van der Waals surface area contributed by atoms with Crippen LogP contribution in [0.2, 0.25) is 5.02 Å². The molecule has 1 aliphatic carbocycles. The molecular formula is C18H18BrClN4. The van der Waals surface area contributed by atoms with Gasteiger partial charge in [-0.1, -0.05) is 27.5 Å². The Bertz CT molecular complexity index is 779. The van der Waals surface area contributed by atoms with Crippen LogP contribution in [0.3, 0.4) is 0 Å². The first-order chi connectivity index (χ1) is 11.5. The Balaban J connectivity index is 1.87. The smallest absolute Gasteiger partial charge is 0.126 e. The molecule has 124 valence electrons. The van der Waals surface area contributed by atoms with E-state index >= 15 is 0 Å². The summed E-state index contributed by atoms with van der Waals surface area (Å²) < 4.78 is 0.847. The maximum absolute atomic E-state index is 9.16. The summed E-state index contributed by atoms with van der Waals surface area (Å²) in [5, 5.41) is 13.2. The first kappa shape index (κ1) is 17.2. The number of aromatic nitrogens is 1. The van der Waals surface area contributed by atoms with Gasteiger partial charge in [-0.15, -0.1) is 0 Å². The number of pyridine rings is 1. The number of halogens is 2. The molecule has 0 saturated heterocycles. The van der Waals surface area contributed by atoms with Crippen molar-refractivity contribution in [3.05, 3.63) is 45.5 Å². The molecule has 2 aromatic rings. The Morgan fingerprint density at radius 1 is 1.21 bits per heavy atom. The first-order valence-electron chi connectivity index (χ1n) is 7.94. The highest BCUT2D eigenvalue weighted by Crippen LogP contribution is 2.32. The minimum absolute atomic E-state index is 0.322. The molecule has 6 heteroatoms. The third kappa shape index (κ3) is 4.07. The summed E-state index contributed by atoms with van der Waals surface area (Å²) in [6, 6.07) is 10.4. The number of benzene rings is 1. The molecule has 0 spiro atoms. The Labute approximate surface area is 155 Å². The molecule has 1 aromatic carbocycles. The van der Waals surface area contributed by atoms with E-state index in [1.165, 1.54) is 0 Å². The van der Waals surface area contributed by atoms with Crippen molar-refractivity contribution in [2.75, 3.05) is 5.32 Å². The quantitative estimate of drug-likeness (QED) is 0.775. The number of hydrogen-bond acceptors (Lipinski definition) is 4. The van der Waals surface area contributed by atoms with E-state index in [2.05, 4.69) is 32.3 Å². The lowest BCUT2D eigenvalue weighted by molar-refractivity contribution is 0.410. The zero-order chi connectivity index (χ0) is 17.1. The molecule has 3 N–H and O–H groups in total. The molecule has 0 bridgehead atoms. The van der Waals surface area contributed by atoms with E-state index in [9.17, 15) is 0 Å². The zero-order valence-corrected chi connectivity index (χ0v) is 15.4. The van der Waals surface area contributed by atoms with E-state index in [0.717, 1.165) is 47.1 Å². The van der Waals surface area contributed by atoms with E-state index in [0.29, 0.717) is 22.7 Å². The topological polar surface area (TPSA) is 74.7 Å². The van der Waals surface area contributed by atoms with Gasteiger partial charge >= 0.3 is 0 Å². The van der Waals surface area contributed by atoms with Gasteiger partial charge in [0.2, 0.25) is 0 Å². The second-order valence-electron chi connectivity index (χ2n) is 6.15. The summed E-state index contributed by atoms with van der Waals surface area (Å²) >= 11 is 9.78. The number of nitrogens with two attached hydrogens (primary N) is 1. The number of nitrogens with one attached hydrogen (secondary N) is 1. The van der Waals surface area contributed by atoms with Crippen molar-refractivity contribution in [3.63, 3.8) is 0 Å². The summed E-state index contributed by atoms with van der Waals surface area (Å²) in [7, 11) is 0. The number of nitrogens with zero attached hydrogens (tertiary/aromatic N) is 2. The third-order valence-electron chi connectivity index (χ3n) is 4.32. The van der Waals surface area contributed by atoms with Crippen molar-refractivity contribution >= 4 is 33.3 Å². The van der Waals surface area contributed by atoms with Crippen LogP contribution in [0.25, 0.3) is 11.1 Å². The van der Waals surface area contributed by atoms with Gasteiger partial charge in [0.1, 0.15) is 5.82 Å². The van der Waals surface area contributed by atoms with Crippen molar-refractivity contribution in [1.82, 2.24) is 4.98 Å². The minimum atomic E-state index is 0.322. The maximum Gasteiger partial charge on any atom is 0.126 e. The van der Waals surface area contributed by atoms with Gasteiger partial charge in [0.25, 0.3) is 0 Å². The SMILES string of the molecule is N#Cc1cc(Br)cc(-c2cc(N[C@H]3CC[C@H](N)CC3)ncc2Cl)c1. The Kier molecular flexibility index (Phi) is 5.40. The van der Waals surface area contributed by atoms with Gasteiger partial charge in [0, 0.05) is 28.3 Å². The van der Waals surface area contributed by atoms with Crippen molar-refractivity contribution in [2.45, 2.75) is 37.8 Å². The summed E-state index contributed by atoms with van der Waals surface area (Å²) in [6.07, 6.45) is 5.83. The summed E-state index contributed by atoms with van der Waals surface area (Å²) in [4.78, 5) is 4.39. The van der Waals surface area contributed by atoms with Crippen LogP contribution in [-0.2, 0) is 0 Å². The van der Waals surface area contributed by atoms with Crippen LogP contribution in [0, 0.1) is 11.3 Å². The van der Waals surface area contributed by atoms with Gasteiger partial charge in [-0.05, 0) is 55.5 Å². The highest BCUT2D eigenvalue weighted by Gasteiger charge is 2.19. The lowest BCUT2D eigenvalue weighted by atomic mass is 9.92. The number of rotatable bonds is 3. The fourth-order valence-electron chi connectivity index (χ4n) is 3.02. The van der Waals surface area contributed by atoms with Gasteiger partial charge in [0.15, 0.2) is 0 Å². The molecule has 0 unspecified atom stereocenters. The van der Waals surface area contributed by atoms with Crippen molar-refractivity contribution in [3.8, 4) is 17.2 Å². The second kappa shape index (κ2) is 7.52. The average molecular weight is 406 g/mol. The molecule has 1 aromatic heterocycles. The summed E-state index contributed by atoms with van der Waals surface area (Å²) in [6.45, 7) is 0. The molecule has 1 fully saturated rings. The standard InChI is InChI=1S/C18H18BrClN4/c19-13-6-11(9-21)5-12(7-13)16-8-18(23-10-17(16)20)24-15-3-1-14(22)2-4-15/h5-8,10,14-15H,1-4,22H2,(H,23,24)/t14-,15-. The normalized spacial score (nSPS) is 20.4. The maximum atomic E-state index is 9.16. The largest absolute Gasteiger partial charge is 0.367 e. The number of hydrogen-bond donors (Lipinski definition) is 2. The van der Waals surface area contributed by atoms with Crippen LogP contribution in [-0.4, -0.2) is 17.1 Å². The summed E-state index contributed by atoms with van der Waals surface area (Å²) in [5.74, 6) is 0.799. The fourth-order valence-corrected chi connectivity index (χ4v) is 3.73. The Hall–Kier alpha value is -1.61. The second-order valence-corrected chi connectivity index (χ2v) is 7.47. The van der Waals surface area contributed by atoms with Crippen LogP contribution < -0.4 is 11.1 Å². The van der Waals surface area contributed by atoms with Gasteiger partial charge in [-0.2, -0.15) is 5.26 Å². The van der Waals surface area contributed by atoms with Crippen LogP contribution >= 0.6 is 27.5 Å². The number of nitriles is 1. The van der Waals surface area contributed by atoms with Crippen LogP contribution in [0.5, 0.6) is 0 Å². The van der Waals surface area contributed by atoms with Gasteiger partial charge in [-0.3, -0.25) is 0 Å². The van der Waals surface area contributed by atoms with Crippen LogP contribution in [0.1, 0.15) is 31.2 Å². The van der Waals surface area contributed by atoms with E-state index in [4.69, 9.17) is 22.6 Å². The zero-order valence-electron chi connectivity index (χ0n) is 13.1. The van der Waals surface area contributed by atoms with E-state index in [1.807, 2.05) is 18.2 Å².